The van der Waals surface area contributed by atoms with Crippen LogP contribution in [0, 0.1) is 0 Å². The molecule has 0 fully saturated rings. The molecule has 1 aromatic carbocycles. The number of benzene rings is 1. The number of pyridine rings is 1. The summed E-state index contributed by atoms with van der Waals surface area (Å²) < 4.78 is 115. The summed E-state index contributed by atoms with van der Waals surface area (Å²) >= 11 is 0. The molecule has 1 aromatic heterocycles. The highest BCUT2D eigenvalue weighted by Crippen LogP contribution is 2.38. The molecule has 0 aliphatic heterocycles. The van der Waals surface area contributed by atoms with Gasteiger partial charge in [-0.25, -0.2) is 4.98 Å². The second-order valence-corrected chi connectivity index (χ2v) is 5.56. The summed E-state index contributed by atoms with van der Waals surface area (Å²) in [6, 6.07) is 2.75. The van der Waals surface area contributed by atoms with E-state index in [1.807, 2.05) is 0 Å². The lowest BCUT2D eigenvalue weighted by Crippen LogP contribution is -2.32. The number of rotatable bonds is 4. The number of hydrogen-bond acceptors (Lipinski definition) is 3. The quantitative estimate of drug-likeness (QED) is 0.738. The molecule has 2 N–H and O–H groups in total. The van der Waals surface area contributed by atoms with Crippen LogP contribution in [0.15, 0.2) is 24.3 Å². The minimum Gasteiger partial charge on any atom is -0.387 e. The van der Waals surface area contributed by atoms with Crippen LogP contribution in [0.5, 0.6) is 0 Å². The van der Waals surface area contributed by atoms with Crippen molar-refractivity contribution in [2.75, 3.05) is 13.1 Å². The van der Waals surface area contributed by atoms with Gasteiger partial charge < -0.3 is 10.4 Å². The van der Waals surface area contributed by atoms with Crippen molar-refractivity contribution in [3.8, 4) is 0 Å². The van der Waals surface area contributed by atoms with Gasteiger partial charge in [0, 0.05) is 11.9 Å². The monoisotopic (exact) mass is 406 g/mol. The van der Waals surface area contributed by atoms with E-state index < -0.39 is 65.4 Å². The standard InChI is InChI=1S/C15H11F9N2O/c16-13(17,18)6-25-5-10(27)8-4-11(15(22,23)24)26-12-7(8)2-1-3-9(12)14(19,20)21/h1-4,10,25,27H,5-6H2. The van der Waals surface area contributed by atoms with Crippen LogP contribution < -0.4 is 5.32 Å². The lowest BCUT2D eigenvalue weighted by molar-refractivity contribution is -0.142. The van der Waals surface area contributed by atoms with Crippen molar-refractivity contribution in [3.63, 3.8) is 0 Å². The molecule has 0 amide bonds. The van der Waals surface area contributed by atoms with Crippen LogP contribution in [0.1, 0.15) is 22.9 Å². The lowest BCUT2D eigenvalue weighted by atomic mass is 9.99. The average Bonchev–Trinajstić information content (AvgIpc) is 2.50. The maximum Gasteiger partial charge on any atom is 0.433 e. The number of aromatic nitrogens is 1. The first-order valence-corrected chi connectivity index (χ1v) is 7.24. The van der Waals surface area contributed by atoms with Gasteiger partial charge in [0.05, 0.1) is 23.7 Å². The third-order valence-corrected chi connectivity index (χ3v) is 3.49. The van der Waals surface area contributed by atoms with E-state index in [2.05, 4.69) is 4.98 Å². The van der Waals surface area contributed by atoms with Crippen LogP contribution in [0.4, 0.5) is 39.5 Å². The normalized spacial score (nSPS) is 14.6. The highest BCUT2D eigenvalue weighted by molar-refractivity contribution is 5.86. The Labute approximate surface area is 145 Å². The number of nitrogens with one attached hydrogen (secondary N) is 1. The molecular weight excluding hydrogens is 395 g/mol. The number of fused-ring (bicyclic) bond motifs is 1. The van der Waals surface area contributed by atoms with Gasteiger partial charge in [0.1, 0.15) is 5.69 Å². The van der Waals surface area contributed by atoms with Gasteiger partial charge in [0.25, 0.3) is 0 Å². The van der Waals surface area contributed by atoms with Gasteiger partial charge in [-0.05, 0) is 17.7 Å². The molecular formula is C15H11F9N2O. The van der Waals surface area contributed by atoms with E-state index in [1.54, 1.807) is 5.32 Å². The molecule has 0 radical (unpaired) electrons. The van der Waals surface area contributed by atoms with Crippen LogP contribution in [0.25, 0.3) is 10.9 Å². The predicted molar refractivity (Wildman–Crippen MR) is 75.6 cm³/mol. The smallest absolute Gasteiger partial charge is 0.387 e. The highest BCUT2D eigenvalue weighted by atomic mass is 19.4. The molecule has 1 heterocycles. The average molecular weight is 406 g/mol. The zero-order valence-corrected chi connectivity index (χ0v) is 13.1. The highest BCUT2D eigenvalue weighted by Gasteiger charge is 2.38. The van der Waals surface area contributed by atoms with Gasteiger partial charge in [-0.15, -0.1) is 0 Å². The van der Waals surface area contributed by atoms with Gasteiger partial charge >= 0.3 is 18.5 Å². The number of halogens is 9. The molecule has 0 aliphatic rings. The summed E-state index contributed by atoms with van der Waals surface area (Å²) in [4.78, 5) is 3.02. The van der Waals surface area contributed by atoms with E-state index in [0.29, 0.717) is 12.1 Å². The number of nitrogens with zero attached hydrogens (tertiary/aromatic N) is 1. The molecule has 2 rings (SSSR count). The predicted octanol–water partition coefficient (Wildman–Crippen LogP) is 4.46. The Bertz CT molecular complexity index is 812. The van der Waals surface area contributed by atoms with E-state index in [4.69, 9.17) is 0 Å². The molecule has 12 heteroatoms. The Kier molecular flexibility index (Phi) is 5.62. The summed E-state index contributed by atoms with van der Waals surface area (Å²) in [6.45, 7) is -2.36. The minimum absolute atomic E-state index is 0.322. The molecule has 0 saturated carbocycles. The Hall–Kier alpha value is -2.08. The summed E-state index contributed by atoms with van der Waals surface area (Å²) in [6.07, 6.45) is -16.7. The van der Waals surface area contributed by atoms with E-state index in [-0.39, 0.29) is 0 Å². The lowest BCUT2D eigenvalue weighted by Gasteiger charge is -2.19. The van der Waals surface area contributed by atoms with E-state index in [0.717, 1.165) is 12.1 Å². The molecule has 0 bridgehead atoms. The number of aliphatic hydroxyl groups is 1. The molecule has 3 nitrogen and oxygen atoms in total. The maximum atomic E-state index is 13.1. The first-order chi connectivity index (χ1) is 12.2. The van der Waals surface area contributed by atoms with Crippen LogP contribution in [-0.4, -0.2) is 29.4 Å². The van der Waals surface area contributed by atoms with Gasteiger partial charge in [-0.1, -0.05) is 12.1 Å². The molecule has 2 aromatic rings. The summed E-state index contributed by atoms with van der Waals surface area (Å²) in [5, 5.41) is 11.3. The van der Waals surface area contributed by atoms with Crippen molar-refractivity contribution in [2.45, 2.75) is 24.6 Å². The molecule has 1 atom stereocenters. The van der Waals surface area contributed by atoms with Crippen molar-refractivity contribution < 1.29 is 44.6 Å². The van der Waals surface area contributed by atoms with Gasteiger partial charge in [0.2, 0.25) is 0 Å². The molecule has 0 spiro atoms. The second-order valence-electron chi connectivity index (χ2n) is 5.56. The van der Waals surface area contributed by atoms with Crippen LogP contribution in [-0.2, 0) is 12.4 Å². The van der Waals surface area contributed by atoms with Gasteiger partial charge in [-0.2, -0.15) is 39.5 Å². The molecule has 0 aliphatic carbocycles. The molecule has 150 valence electrons. The van der Waals surface area contributed by atoms with Crippen molar-refractivity contribution in [1.29, 1.82) is 0 Å². The third-order valence-electron chi connectivity index (χ3n) is 3.49. The van der Waals surface area contributed by atoms with Crippen molar-refractivity contribution in [1.82, 2.24) is 10.3 Å². The topological polar surface area (TPSA) is 45.1 Å². The van der Waals surface area contributed by atoms with Crippen LogP contribution >= 0.6 is 0 Å². The fourth-order valence-corrected chi connectivity index (χ4v) is 2.38. The molecule has 0 saturated heterocycles. The zero-order valence-electron chi connectivity index (χ0n) is 13.1. The Morgan fingerprint density at radius 1 is 0.963 bits per heavy atom. The van der Waals surface area contributed by atoms with E-state index >= 15 is 0 Å². The van der Waals surface area contributed by atoms with E-state index in [9.17, 15) is 44.6 Å². The Balaban J connectivity index is 2.57. The number of alkyl halides is 9. The summed E-state index contributed by atoms with van der Waals surface area (Å²) in [7, 11) is 0. The van der Waals surface area contributed by atoms with Gasteiger partial charge in [0.15, 0.2) is 0 Å². The molecule has 27 heavy (non-hydrogen) atoms. The SMILES string of the molecule is OC(CNCC(F)(F)F)c1cc(C(F)(F)F)nc2c(C(F)(F)F)cccc12. The van der Waals surface area contributed by atoms with E-state index in [1.165, 1.54) is 0 Å². The first kappa shape index (κ1) is 21.2. The fourth-order valence-electron chi connectivity index (χ4n) is 2.38. The summed E-state index contributed by atoms with van der Waals surface area (Å²) in [5.41, 5.74) is -4.82. The van der Waals surface area contributed by atoms with Crippen LogP contribution in [0.3, 0.4) is 0 Å². The van der Waals surface area contributed by atoms with Crippen LogP contribution in [0.2, 0.25) is 0 Å². The number of para-hydroxylation sites is 1. The first-order valence-electron chi connectivity index (χ1n) is 7.24. The number of hydrogen-bond donors (Lipinski definition) is 2. The van der Waals surface area contributed by atoms with Gasteiger partial charge in [-0.3, -0.25) is 0 Å². The largest absolute Gasteiger partial charge is 0.433 e. The number of aliphatic hydroxyl groups excluding tert-OH is 1. The van der Waals surface area contributed by atoms with Crippen molar-refractivity contribution in [3.05, 3.63) is 41.1 Å². The Morgan fingerprint density at radius 3 is 2.11 bits per heavy atom. The second kappa shape index (κ2) is 7.15. The Morgan fingerprint density at radius 2 is 1.59 bits per heavy atom. The molecule has 1 unspecified atom stereocenters. The zero-order chi connectivity index (χ0) is 20.6. The van der Waals surface area contributed by atoms with Crippen molar-refractivity contribution >= 4 is 10.9 Å². The third kappa shape index (κ3) is 5.22. The maximum absolute atomic E-state index is 13.1. The fraction of sp³-hybridized carbons (Fsp3) is 0.400. The van der Waals surface area contributed by atoms with Crippen molar-refractivity contribution in [2.24, 2.45) is 0 Å². The minimum atomic E-state index is -5.12. The summed E-state index contributed by atoms with van der Waals surface area (Å²) in [5.74, 6) is 0.